The zero-order valence-electron chi connectivity index (χ0n) is 13.0. The van der Waals surface area contributed by atoms with E-state index in [2.05, 4.69) is 5.10 Å². The quantitative estimate of drug-likeness (QED) is 0.922. The molecule has 1 atom stereocenters. The van der Waals surface area contributed by atoms with Crippen LogP contribution in [0.1, 0.15) is 34.5 Å². The van der Waals surface area contributed by atoms with Crippen molar-refractivity contribution in [3.63, 3.8) is 0 Å². The Kier molecular flexibility index (Phi) is 3.44. The Hall–Kier alpha value is -2.35. The predicted octanol–water partition coefficient (Wildman–Crippen LogP) is 1.74. The molecule has 0 saturated carbocycles. The fraction of sp³-hybridized carbons (Fsp3) is 0.333. The molecule has 0 spiro atoms. The zero-order valence-corrected chi connectivity index (χ0v) is 13.8. The number of carboxylic acids is 1. The number of anilines is 1. The number of hydrogen-bond acceptors (Lipinski definition) is 4. The number of nitrogens with zero attached hydrogens (tertiary/aromatic N) is 3. The number of aromatic carboxylic acids is 1. The number of carbonyl (C=O) groups is 1. The lowest BCUT2D eigenvalue weighted by molar-refractivity contribution is 0.0697. The molecule has 0 bridgehead atoms. The summed E-state index contributed by atoms with van der Waals surface area (Å²) in [7, 11) is -2.15. The molecule has 2 aromatic rings. The molecule has 1 N–H and O–H groups in total. The summed E-state index contributed by atoms with van der Waals surface area (Å²) in [6.07, 6.45) is 0. The highest BCUT2D eigenvalue weighted by Crippen LogP contribution is 2.39. The number of sulfonamides is 1. The van der Waals surface area contributed by atoms with Crippen LogP contribution in [-0.4, -0.2) is 35.8 Å². The molecule has 122 valence electrons. The highest BCUT2D eigenvalue weighted by Gasteiger charge is 2.36. The number of benzene rings is 1. The second kappa shape index (κ2) is 5.09. The zero-order chi connectivity index (χ0) is 16.9. The van der Waals surface area contributed by atoms with Gasteiger partial charge in [-0.25, -0.2) is 4.79 Å². The van der Waals surface area contributed by atoms with Crippen LogP contribution in [0.2, 0.25) is 0 Å². The van der Waals surface area contributed by atoms with Crippen molar-refractivity contribution in [1.82, 2.24) is 9.78 Å². The minimum absolute atomic E-state index is 0.0756. The lowest BCUT2D eigenvalue weighted by Gasteiger charge is -2.19. The monoisotopic (exact) mass is 335 g/mol. The maximum absolute atomic E-state index is 12.9. The van der Waals surface area contributed by atoms with Gasteiger partial charge < -0.3 is 5.11 Å². The Morgan fingerprint density at radius 1 is 1.35 bits per heavy atom. The van der Waals surface area contributed by atoms with E-state index in [-0.39, 0.29) is 23.1 Å². The number of aromatic nitrogens is 2. The van der Waals surface area contributed by atoms with Gasteiger partial charge in [-0.2, -0.15) is 13.5 Å². The highest BCUT2D eigenvalue weighted by molar-refractivity contribution is 7.92. The Morgan fingerprint density at radius 2 is 2.04 bits per heavy atom. The van der Waals surface area contributed by atoms with Crippen LogP contribution in [0, 0.1) is 6.92 Å². The van der Waals surface area contributed by atoms with Gasteiger partial charge in [-0.05, 0) is 36.8 Å². The molecule has 23 heavy (non-hydrogen) atoms. The van der Waals surface area contributed by atoms with Gasteiger partial charge in [0.2, 0.25) is 0 Å². The Balaban J connectivity index is 2.11. The summed E-state index contributed by atoms with van der Waals surface area (Å²) in [5.74, 6) is -1.10. The van der Waals surface area contributed by atoms with Crippen molar-refractivity contribution in [3.05, 3.63) is 41.1 Å². The fourth-order valence-corrected chi connectivity index (χ4v) is 4.69. The number of fused-ring (bicyclic) bond motifs is 1. The normalized spacial score (nSPS) is 17.3. The molecular weight excluding hydrogens is 318 g/mol. The van der Waals surface area contributed by atoms with E-state index in [1.807, 2.05) is 6.92 Å². The Morgan fingerprint density at radius 3 is 2.61 bits per heavy atom. The lowest BCUT2D eigenvalue weighted by atomic mass is 10.0. The van der Waals surface area contributed by atoms with E-state index in [1.165, 1.54) is 21.1 Å². The molecule has 3 rings (SSSR count). The van der Waals surface area contributed by atoms with Gasteiger partial charge in [-0.3, -0.25) is 8.99 Å². The van der Waals surface area contributed by atoms with Gasteiger partial charge in [0.25, 0.3) is 10.0 Å². The molecule has 7 nitrogen and oxygen atoms in total. The van der Waals surface area contributed by atoms with Crippen molar-refractivity contribution in [2.45, 2.75) is 24.8 Å². The average Bonchev–Trinajstić information content (AvgIpc) is 2.99. The van der Waals surface area contributed by atoms with Crippen molar-refractivity contribution < 1.29 is 18.3 Å². The number of carboxylic acid groups (broad SMARTS) is 1. The molecule has 1 unspecified atom stereocenters. The Bertz CT molecular complexity index is 901. The van der Waals surface area contributed by atoms with Crippen molar-refractivity contribution >= 4 is 21.7 Å². The third-order valence-electron chi connectivity index (χ3n) is 4.03. The van der Waals surface area contributed by atoms with Crippen LogP contribution < -0.4 is 4.31 Å². The van der Waals surface area contributed by atoms with Crippen LogP contribution in [0.25, 0.3) is 0 Å². The molecule has 1 aliphatic heterocycles. The van der Waals surface area contributed by atoms with E-state index < -0.39 is 16.0 Å². The van der Waals surface area contributed by atoms with E-state index in [4.69, 9.17) is 5.11 Å². The minimum Gasteiger partial charge on any atom is -0.478 e. The van der Waals surface area contributed by atoms with E-state index in [0.29, 0.717) is 11.4 Å². The van der Waals surface area contributed by atoms with Crippen LogP contribution in [0.3, 0.4) is 0 Å². The van der Waals surface area contributed by atoms with Gasteiger partial charge >= 0.3 is 5.97 Å². The van der Waals surface area contributed by atoms with Crippen LogP contribution in [0.4, 0.5) is 5.69 Å². The summed E-state index contributed by atoms with van der Waals surface area (Å²) in [5, 5.41) is 13.3. The summed E-state index contributed by atoms with van der Waals surface area (Å²) in [5.41, 5.74) is 2.04. The first-order valence-electron chi connectivity index (χ1n) is 7.12. The summed E-state index contributed by atoms with van der Waals surface area (Å²) >= 11 is 0. The van der Waals surface area contributed by atoms with E-state index >= 15 is 0 Å². The van der Waals surface area contributed by atoms with Crippen molar-refractivity contribution in [3.8, 4) is 0 Å². The topological polar surface area (TPSA) is 92.5 Å². The fourth-order valence-electron chi connectivity index (χ4n) is 2.92. The van der Waals surface area contributed by atoms with E-state index in [9.17, 15) is 13.2 Å². The molecule has 0 radical (unpaired) electrons. The molecule has 1 aliphatic rings. The smallest absolute Gasteiger partial charge is 0.335 e. The molecule has 0 saturated heterocycles. The standard InChI is InChI=1S/C15H17N3O4S/c1-9-8-18(13-5-4-11(15(19)20)7-12(9)13)23(21,22)14-6-10(2)16-17(14)3/h4-7,9H,8H2,1-3H3,(H,19,20). The van der Waals surface area contributed by atoms with E-state index in [1.54, 1.807) is 26.1 Å². The van der Waals surface area contributed by atoms with Crippen LogP contribution in [0.5, 0.6) is 0 Å². The van der Waals surface area contributed by atoms with Gasteiger partial charge in [0, 0.05) is 19.5 Å². The molecule has 8 heteroatoms. The highest BCUT2D eigenvalue weighted by atomic mass is 32.2. The maximum Gasteiger partial charge on any atom is 0.335 e. The third kappa shape index (κ3) is 2.39. The molecule has 0 fully saturated rings. The number of rotatable bonds is 3. The average molecular weight is 335 g/mol. The summed E-state index contributed by atoms with van der Waals surface area (Å²) in [4.78, 5) is 11.1. The van der Waals surface area contributed by atoms with Crippen molar-refractivity contribution in [1.29, 1.82) is 0 Å². The SMILES string of the molecule is Cc1cc(S(=O)(=O)N2CC(C)c3cc(C(=O)O)ccc32)n(C)n1. The second-order valence-electron chi connectivity index (χ2n) is 5.76. The summed E-state index contributed by atoms with van der Waals surface area (Å²) in [6, 6.07) is 6.06. The third-order valence-corrected chi connectivity index (χ3v) is 5.86. The molecular formula is C15H17N3O4S. The minimum atomic E-state index is -3.74. The van der Waals surface area contributed by atoms with Crippen molar-refractivity contribution in [2.24, 2.45) is 7.05 Å². The van der Waals surface area contributed by atoms with Gasteiger partial charge in [0.1, 0.15) is 0 Å². The van der Waals surface area contributed by atoms with Gasteiger partial charge in [0.05, 0.1) is 16.9 Å². The first-order valence-corrected chi connectivity index (χ1v) is 8.56. The van der Waals surface area contributed by atoms with Gasteiger partial charge in [0.15, 0.2) is 5.03 Å². The largest absolute Gasteiger partial charge is 0.478 e. The Labute approximate surface area is 134 Å². The summed E-state index contributed by atoms with van der Waals surface area (Å²) in [6.45, 7) is 3.90. The van der Waals surface area contributed by atoms with Crippen molar-refractivity contribution in [2.75, 3.05) is 10.8 Å². The molecule has 0 aliphatic carbocycles. The molecule has 1 aromatic carbocycles. The number of hydrogen-bond donors (Lipinski definition) is 1. The molecule has 2 heterocycles. The second-order valence-corrected chi connectivity index (χ2v) is 7.57. The molecule has 1 aromatic heterocycles. The first-order chi connectivity index (χ1) is 10.7. The van der Waals surface area contributed by atoms with E-state index in [0.717, 1.165) is 5.56 Å². The first kappa shape index (κ1) is 15.5. The van der Waals surface area contributed by atoms with Gasteiger partial charge in [-0.15, -0.1) is 0 Å². The predicted molar refractivity (Wildman–Crippen MR) is 84.3 cm³/mol. The van der Waals surface area contributed by atoms with Gasteiger partial charge in [-0.1, -0.05) is 6.92 Å². The van der Waals surface area contributed by atoms with Crippen LogP contribution in [0.15, 0.2) is 29.3 Å². The van der Waals surface area contributed by atoms with Crippen LogP contribution in [-0.2, 0) is 17.1 Å². The maximum atomic E-state index is 12.9. The molecule has 0 amide bonds. The number of aryl methyl sites for hydroxylation is 2. The van der Waals surface area contributed by atoms with Crippen LogP contribution >= 0.6 is 0 Å². The summed E-state index contributed by atoms with van der Waals surface area (Å²) < 4.78 is 28.6. The lowest BCUT2D eigenvalue weighted by Crippen LogP contribution is -2.31.